The molecule has 8 nitrogen and oxygen atoms in total. The molecule has 190 valence electrons. The number of nitrogens with zero attached hydrogens (tertiary/aromatic N) is 5. The molecule has 0 radical (unpaired) electrons. The molecular weight excluding hydrogens is 493 g/mol. The molecule has 0 aliphatic carbocycles. The number of hydrogen-bond acceptors (Lipinski definition) is 7. The van der Waals surface area contributed by atoms with Crippen LogP contribution in [0.15, 0.2) is 36.8 Å². The van der Waals surface area contributed by atoms with Crippen LogP contribution < -0.4 is 5.32 Å². The van der Waals surface area contributed by atoms with Gasteiger partial charge in [0.15, 0.2) is 0 Å². The number of nitrogens with one attached hydrogen (secondary N) is 1. The summed E-state index contributed by atoms with van der Waals surface area (Å²) in [5.41, 5.74) is 1.58. The van der Waals surface area contributed by atoms with E-state index in [4.69, 9.17) is 0 Å². The summed E-state index contributed by atoms with van der Waals surface area (Å²) in [5, 5.41) is 3.44. The predicted molar refractivity (Wildman–Crippen MR) is 129 cm³/mol. The first-order valence-corrected chi connectivity index (χ1v) is 12.1. The molecule has 1 N–H and O–H groups in total. The molecule has 1 aromatic carbocycles. The molecule has 36 heavy (non-hydrogen) atoms. The summed E-state index contributed by atoms with van der Waals surface area (Å²) in [6.45, 7) is 6.23. The number of piperazine rings is 1. The van der Waals surface area contributed by atoms with Gasteiger partial charge in [-0.05, 0) is 39.1 Å². The molecule has 3 heterocycles. The average molecular weight is 519 g/mol. The molecule has 1 aliphatic heterocycles. The number of carbonyl (C=O) groups excluding carboxylic acids is 2. The summed E-state index contributed by atoms with van der Waals surface area (Å²) >= 11 is 1.45. The Morgan fingerprint density at radius 1 is 1.00 bits per heavy atom. The Bertz CT molecular complexity index is 1250. The van der Waals surface area contributed by atoms with E-state index in [9.17, 15) is 22.8 Å². The maximum absolute atomic E-state index is 13.3. The summed E-state index contributed by atoms with van der Waals surface area (Å²) < 4.78 is 38.3. The highest BCUT2D eigenvalue weighted by Crippen LogP contribution is 2.28. The third kappa shape index (κ3) is 5.88. The minimum absolute atomic E-state index is 0.170. The number of hydrogen-bond donors (Lipinski definition) is 1. The molecule has 0 unspecified atom stereocenters. The smallest absolute Gasteiger partial charge is 0.345 e. The minimum atomic E-state index is -4.65. The van der Waals surface area contributed by atoms with Crippen molar-refractivity contribution >= 4 is 23.2 Å². The number of aryl methyl sites for hydroxylation is 1. The number of benzene rings is 1. The molecule has 4 rings (SSSR count). The standard InChI is InChI=1S/C24H25F3N6O2S/c1-14-11-28-21(36-14)17-8-16(9-18(10-17)22(35)33-6-4-32(3)5-7-33)20(34)31-15(2)19-12-29-23(30-13-19)24(25,26)27/h8-13,15H,4-7H2,1-3H3,(H,31,34)/t15-/m1/s1. The summed E-state index contributed by atoms with van der Waals surface area (Å²) in [5.74, 6) is -1.90. The second-order valence-electron chi connectivity index (χ2n) is 8.70. The second kappa shape index (κ2) is 10.3. The lowest BCUT2D eigenvalue weighted by Gasteiger charge is -2.32. The minimum Gasteiger partial charge on any atom is -0.345 e. The van der Waals surface area contributed by atoms with Crippen LogP contribution in [0.5, 0.6) is 0 Å². The van der Waals surface area contributed by atoms with E-state index in [1.807, 2.05) is 14.0 Å². The Morgan fingerprint density at radius 2 is 1.64 bits per heavy atom. The predicted octanol–water partition coefficient (Wildman–Crippen LogP) is 3.81. The van der Waals surface area contributed by atoms with Gasteiger partial charge in [0.1, 0.15) is 5.01 Å². The van der Waals surface area contributed by atoms with Gasteiger partial charge in [0.2, 0.25) is 5.82 Å². The molecule has 0 bridgehead atoms. The van der Waals surface area contributed by atoms with Crippen molar-refractivity contribution in [1.82, 2.24) is 30.1 Å². The fourth-order valence-electron chi connectivity index (χ4n) is 3.76. The van der Waals surface area contributed by atoms with Crippen molar-refractivity contribution in [2.45, 2.75) is 26.1 Å². The number of carbonyl (C=O) groups is 2. The quantitative estimate of drug-likeness (QED) is 0.553. The first kappa shape index (κ1) is 25.7. The summed E-state index contributed by atoms with van der Waals surface area (Å²) in [6.07, 6.45) is -0.844. The van der Waals surface area contributed by atoms with Crippen LogP contribution in [0.1, 0.15) is 49.9 Å². The lowest BCUT2D eigenvalue weighted by atomic mass is 10.0. The third-order valence-electron chi connectivity index (χ3n) is 5.87. The number of alkyl halides is 3. The number of aromatic nitrogens is 3. The fraction of sp³-hybridized carbons (Fsp3) is 0.375. The third-order valence-corrected chi connectivity index (χ3v) is 6.84. The highest BCUT2D eigenvalue weighted by molar-refractivity contribution is 7.14. The average Bonchev–Trinajstić information content (AvgIpc) is 3.29. The second-order valence-corrected chi connectivity index (χ2v) is 9.94. The van der Waals surface area contributed by atoms with E-state index >= 15 is 0 Å². The molecule has 3 aromatic rings. The van der Waals surface area contributed by atoms with Crippen LogP contribution in [0.25, 0.3) is 10.6 Å². The molecule has 2 amide bonds. The van der Waals surface area contributed by atoms with Gasteiger partial charge in [0.05, 0.1) is 6.04 Å². The topological polar surface area (TPSA) is 91.3 Å². The molecular formula is C24H25F3N6O2S. The van der Waals surface area contributed by atoms with Crippen LogP contribution in [0.2, 0.25) is 0 Å². The molecule has 2 aromatic heterocycles. The van der Waals surface area contributed by atoms with Gasteiger partial charge in [-0.25, -0.2) is 15.0 Å². The Morgan fingerprint density at radius 3 is 2.22 bits per heavy atom. The molecule has 1 saturated heterocycles. The Hall–Kier alpha value is -3.38. The largest absolute Gasteiger partial charge is 0.451 e. The van der Waals surface area contributed by atoms with Crippen molar-refractivity contribution < 1.29 is 22.8 Å². The normalized spacial score (nSPS) is 15.6. The number of amides is 2. The molecule has 12 heteroatoms. The Balaban J connectivity index is 1.60. The van der Waals surface area contributed by atoms with Gasteiger partial charge in [-0.3, -0.25) is 9.59 Å². The highest BCUT2D eigenvalue weighted by Gasteiger charge is 2.34. The first-order valence-electron chi connectivity index (χ1n) is 11.3. The van der Waals surface area contributed by atoms with Gasteiger partial charge < -0.3 is 15.1 Å². The van der Waals surface area contributed by atoms with Gasteiger partial charge in [0, 0.05) is 71.9 Å². The van der Waals surface area contributed by atoms with Crippen molar-refractivity contribution in [3.63, 3.8) is 0 Å². The first-order chi connectivity index (χ1) is 17.0. The number of rotatable bonds is 5. The van der Waals surface area contributed by atoms with Gasteiger partial charge in [0.25, 0.3) is 11.8 Å². The molecule has 0 saturated carbocycles. The monoisotopic (exact) mass is 518 g/mol. The van der Waals surface area contributed by atoms with Gasteiger partial charge in [-0.1, -0.05) is 0 Å². The van der Waals surface area contributed by atoms with E-state index < -0.39 is 23.9 Å². The van der Waals surface area contributed by atoms with E-state index in [-0.39, 0.29) is 11.5 Å². The lowest BCUT2D eigenvalue weighted by molar-refractivity contribution is -0.145. The van der Waals surface area contributed by atoms with Crippen molar-refractivity contribution in [3.8, 4) is 10.6 Å². The number of thiazole rings is 1. The van der Waals surface area contributed by atoms with Crippen molar-refractivity contribution in [1.29, 1.82) is 0 Å². The summed E-state index contributed by atoms with van der Waals surface area (Å²) in [4.78, 5) is 42.4. The maximum Gasteiger partial charge on any atom is 0.451 e. The van der Waals surface area contributed by atoms with Crippen LogP contribution in [0.4, 0.5) is 13.2 Å². The van der Waals surface area contributed by atoms with Gasteiger partial charge in [-0.2, -0.15) is 13.2 Å². The van der Waals surface area contributed by atoms with Gasteiger partial charge in [-0.15, -0.1) is 11.3 Å². The van der Waals surface area contributed by atoms with E-state index in [0.29, 0.717) is 34.8 Å². The van der Waals surface area contributed by atoms with Crippen molar-refractivity contribution in [3.05, 3.63) is 64.2 Å². The highest BCUT2D eigenvalue weighted by atomic mass is 32.1. The fourth-order valence-corrected chi connectivity index (χ4v) is 4.51. The Labute approximate surface area is 210 Å². The van der Waals surface area contributed by atoms with Crippen molar-refractivity contribution in [2.24, 2.45) is 0 Å². The van der Waals surface area contributed by atoms with Crippen LogP contribution in [0, 0.1) is 6.92 Å². The SMILES string of the molecule is Cc1cnc(-c2cc(C(=O)N[C@H](C)c3cnc(C(F)(F)F)nc3)cc(C(=O)N3CCN(C)CC3)c2)s1. The number of likely N-dealkylation sites (N-methyl/N-ethyl adjacent to an activating group) is 1. The maximum atomic E-state index is 13.3. The number of halogens is 3. The van der Waals surface area contributed by atoms with E-state index in [1.165, 1.54) is 17.4 Å². The lowest BCUT2D eigenvalue weighted by Crippen LogP contribution is -2.47. The van der Waals surface area contributed by atoms with E-state index in [1.54, 1.807) is 30.2 Å². The summed E-state index contributed by atoms with van der Waals surface area (Å²) in [6, 6.07) is 4.27. The molecule has 1 aliphatic rings. The van der Waals surface area contributed by atoms with Gasteiger partial charge >= 0.3 is 6.18 Å². The van der Waals surface area contributed by atoms with E-state index in [2.05, 4.69) is 25.2 Å². The Kier molecular flexibility index (Phi) is 7.36. The van der Waals surface area contributed by atoms with E-state index in [0.717, 1.165) is 30.4 Å². The van der Waals surface area contributed by atoms with Crippen molar-refractivity contribution in [2.75, 3.05) is 33.2 Å². The van der Waals surface area contributed by atoms with Crippen LogP contribution in [-0.2, 0) is 6.18 Å². The zero-order chi connectivity index (χ0) is 26.0. The molecule has 1 fully saturated rings. The van der Waals surface area contributed by atoms with Crippen LogP contribution in [0.3, 0.4) is 0 Å². The molecule has 0 spiro atoms. The summed E-state index contributed by atoms with van der Waals surface area (Å²) in [7, 11) is 2.00. The zero-order valence-electron chi connectivity index (χ0n) is 20.0. The molecule has 1 atom stereocenters. The van der Waals surface area contributed by atoms with Crippen LogP contribution >= 0.6 is 11.3 Å². The van der Waals surface area contributed by atoms with Crippen LogP contribution in [-0.4, -0.2) is 69.8 Å². The zero-order valence-corrected chi connectivity index (χ0v) is 20.8.